The maximum Gasteiger partial charge on any atom is 0.123 e. The van der Waals surface area contributed by atoms with Crippen LogP contribution in [0.15, 0.2) is 77.6 Å². The van der Waals surface area contributed by atoms with Crippen molar-refractivity contribution in [3.8, 4) is 0 Å². The first kappa shape index (κ1) is 21.6. The molecule has 0 aliphatic heterocycles. The minimum absolute atomic E-state index is 0.0432. The fraction of sp³-hybridized carbons (Fsp3) is 0.464. The van der Waals surface area contributed by atoms with Crippen LogP contribution < -0.4 is 0 Å². The van der Waals surface area contributed by atoms with Crippen LogP contribution in [0, 0.1) is 23.1 Å². The average molecular weight is 391 g/mol. The largest absolute Gasteiger partial charge is 0.207 e. The predicted octanol–water partition coefficient (Wildman–Crippen LogP) is 8.31. The molecule has 1 aromatic carbocycles. The molecular weight excluding hydrogens is 355 g/mol. The van der Waals surface area contributed by atoms with Gasteiger partial charge >= 0.3 is 0 Å². The van der Waals surface area contributed by atoms with Gasteiger partial charge in [0.15, 0.2) is 0 Å². The van der Waals surface area contributed by atoms with Crippen LogP contribution in [0.3, 0.4) is 0 Å². The molecule has 0 amide bonds. The van der Waals surface area contributed by atoms with Crippen molar-refractivity contribution in [2.24, 2.45) is 17.3 Å². The highest BCUT2D eigenvalue weighted by atomic mass is 19.1. The third-order valence-electron chi connectivity index (χ3n) is 6.34. The van der Waals surface area contributed by atoms with E-state index in [9.17, 15) is 4.39 Å². The molecule has 2 aliphatic rings. The maximum atomic E-state index is 13.5. The number of rotatable bonds is 7. The van der Waals surface area contributed by atoms with Gasteiger partial charge in [-0.3, -0.25) is 0 Å². The van der Waals surface area contributed by atoms with Crippen LogP contribution >= 0.6 is 0 Å². The molecular formula is C28H35F. The number of allylic oxidation sites excluding steroid dienone is 7. The molecule has 1 aromatic rings. The first-order chi connectivity index (χ1) is 13.8. The van der Waals surface area contributed by atoms with Crippen molar-refractivity contribution >= 4 is 0 Å². The van der Waals surface area contributed by atoms with Crippen molar-refractivity contribution in [2.45, 2.75) is 65.7 Å². The zero-order valence-corrected chi connectivity index (χ0v) is 18.5. The lowest BCUT2D eigenvalue weighted by molar-refractivity contribution is 0.462. The van der Waals surface area contributed by atoms with Crippen LogP contribution in [0.25, 0.3) is 0 Å². The Bertz CT molecular complexity index is 847. The Morgan fingerprint density at radius 1 is 1.14 bits per heavy atom. The molecule has 29 heavy (non-hydrogen) atoms. The van der Waals surface area contributed by atoms with E-state index in [-0.39, 0.29) is 17.2 Å². The van der Waals surface area contributed by atoms with Crippen molar-refractivity contribution in [1.29, 1.82) is 0 Å². The summed E-state index contributed by atoms with van der Waals surface area (Å²) in [5, 5.41) is 0. The quantitative estimate of drug-likeness (QED) is 0.411. The summed E-state index contributed by atoms with van der Waals surface area (Å²) in [6.45, 7) is 12.9. The molecule has 2 aliphatic carbocycles. The van der Waals surface area contributed by atoms with Crippen molar-refractivity contribution in [3.63, 3.8) is 0 Å². The molecule has 1 heteroatoms. The molecule has 154 valence electrons. The minimum Gasteiger partial charge on any atom is -0.207 e. The Labute approximate surface area is 176 Å². The fourth-order valence-electron chi connectivity index (χ4n) is 4.68. The highest BCUT2D eigenvalue weighted by molar-refractivity contribution is 5.39. The first-order valence-corrected chi connectivity index (χ1v) is 11.1. The second kappa shape index (κ2) is 9.14. The summed E-state index contributed by atoms with van der Waals surface area (Å²) in [5.74, 6) is 1.56. The van der Waals surface area contributed by atoms with E-state index in [1.165, 1.54) is 36.0 Å². The number of halogens is 1. The van der Waals surface area contributed by atoms with Gasteiger partial charge in [0, 0.05) is 5.92 Å². The van der Waals surface area contributed by atoms with Gasteiger partial charge in [0.25, 0.3) is 0 Å². The molecule has 0 aromatic heterocycles. The topological polar surface area (TPSA) is 0 Å². The molecule has 1 fully saturated rings. The van der Waals surface area contributed by atoms with Crippen molar-refractivity contribution in [1.82, 2.24) is 0 Å². The highest BCUT2D eigenvalue weighted by Crippen LogP contribution is 2.44. The van der Waals surface area contributed by atoms with Crippen LogP contribution in [-0.4, -0.2) is 0 Å². The van der Waals surface area contributed by atoms with Gasteiger partial charge in [0.05, 0.1) is 0 Å². The van der Waals surface area contributed by atoms with Gasteiger partial charge in [-0.15, -0.1) is 5.73 Å². The summed E-state index contributed by atoms with van der Waals surface area (Å²) in [5.41, 5.74) is 8.34. The normalized spacial score (nSPS) is 18.9. The smallest absolute Gasteiger partial charge is 0.123 e. The number of hydrogen-bond acceptors (Lipinski definition) is 0. The molecule has 2 unspecified atom stereocenters. The van der Waals surface area contributed by atoms with Crippen molar-refractivity contribution in [3.05, 3.63) is 89.0 Å². The van der Waals surface area contributed by atoms with E-state index in [0.717, 1.165) is 24.3 Å². The Balaban J connectivity index is 1.85. The first-order valence-electron chi connectivity index (χ1n) is 11.1. The van der Waals surface area contributed by atoms with Crippen molar-refractivity contribution in [2.75, 3.05) is 0 Å². The van der Waals surface area contributed by atoms with Gasteiger partial charge in [0.1, 0.15) is 5.82 Å². The minimum atomic E-state index is -0.194. The van der Waals surface area contributed by atoms with Gasteiger partial charge in [-0.05, 0) is 78.2 Å². The molecule has 0 N–H and O–H groups in total. The molecule has 2 atom stereocenters. The second-order valence-electron chi connectivity index (χ2n) is 9.55. The van der Waals surface area contributed by atoms with Crippen LogP contribution in [0.4, 0.5) is 4.39 Å². The lowest BCUT2D eigenvalue weighted by atomic mass is 9.74. The van der Waals surface area contributed by atoms with Crippen LogP contribution in [-0.2, 0) is 0 Å². The Morgan fingerprint density at radius 2 is 1.83 bits per heavy atom. The summed E-state index contributed by atoms with van der Waals surface area (Å²) in [4.78, 5) is 0. The van der Waals surface area contributed by atoms with E-state index >= 15 is 0 Å². The van der Waals surface area contributed by atoms with Gasteiger partial charge in [-0.1, -0.05) is 76.3 Å². The highest BCUT2D eigenvalue weighted by Gasteiger charge is 2.32. The summed E-state index contributed by atoms with van der Waals surface area (Å²) >= 11 is 0. The zero-order chi connectivity index (χ0) is 21.0. The summed E-state index contributed by atoms with van der Waals surface area (Å²) in [6, 6.07) is 6.94. The molecule has 0 spiro atoms. The molecule has 0 bridgehead atoms. The third-order valence-corrected chi connectivity index (χ3v) is 6.34. The lowest BCUT2D eigenvalue weighted by Crippen LogP contribution is -2.17. The Kier molecular flexibility index (Phi) is 6.81. The van der Waals surface area contributed by atoms with E-state index in [2.05, 4.69) is 64.3 Å². The van der Waals surface area contributed by atoms with E-state index in [4.69, 9.17) is 0 Å². The van der Waals surface area contributed by atoms with Crippen LogP contribution in [0.2, 0.25) is 0 Å². The van der Waals surface area contributed by atoms with E-state index in [1.54, 1.807) is 12.1 Å². The molecule has 0 heterocycles. The molecule has 0 saturated heterocycles. The molecule has 0 nitrogen and oxygen atoms in total. The summed E-state index contributed by atoms with van der Waals surface area (Å²) in [7, 11) is 0. The summed E-state index contributed by atoms with van der Waals surface area (Å²) < 4.78 is 13.5. The van der Waals surface area contributed by atoms with E-state index in [0.29, 0.717) is 5.92 Å². The van der Waals surface area contributed by atoms with Gasteiger partial charge in [0.2, 0.25) is 0 Å². The van der Waals surface area contributed by atoms with Gasteiger partial charge < -0.3 is 0 Å². The monoisotopic (exact) mass is 390 g/mol. The van der Waals surface area contributed by atoms with Crippen molar-refractivity contribution < 1.29 is 4.39 Å². The standard InChI is InChI=1S/C28H35F/c1-6-25(22-13-14-22)21-10-8-9-20(11-12-21)19-26(27(7-2)28(3,4)5)23-15-17-24(29)18-16-23/h9-12,15-18,22,25-26H,2,6,8,13-14,19H2,1,3-5H3. The zero-order valence-electron chi connectivity index (χ0n) is 18.5. The predicted molar refractivity (Wildman–Crippen MR) is 122 cm³/mol. The maximum absolute atomic E-state index is 13.5. The van der Waals surface area contributed by atoms with Crippen LogP contribution in [0.1, 0.15) is 71.3 Å². The van der Waals surface area contributed by atoms with E-state index in [1.807, 2.05) is 12.1 Å². The number of hydrogen-bond donors (Lipinski definition) is 0. The van der Waals surface area contributed by atoms with Crippen LogP contribution in [0.5, 0.6) is 0 Å². The number of benzene rings is 1. The van der Waals surface area contributed by atoms with E-state index < -0.39 is 0 Å². The summed E-state index contributed by atoms with van der Waals surface area (Å²) in [6.07, 6.45) is 15.3. The van der Waals surface area contributed by atoms with Gasteiger partial charge in [-0.2, -0.15) is 0 Å². The molecule has 1 saturated carbocycles. The van der Waals surface area contributed by atoms with Gasteiger partial charge in [-0.25, -0.2) is 4.39 Å². The molecule has 0 radical (unpaired) electrons. The fourth-order valence-corrected chi connectivity index (χ4v) is 4.68. The average Bonchev–Trinajstić information content (AvgIpc) is 3.51. The third kappa shape index (κ3) is 5.49. The lowest BCUT2D eigenvalue weighted by Gasteiger charge is -2.30. The SMILES string of the molecule is C=C=C(C(CC1=CCC=C(C(CC)C2CC2)C=C1)c1ccc(F)cc1)C(C)(C)C. The Hall–Kier alpha value is -2.11. The Morgan fingerprint density at radius 3 is 2.38 bits per heavy atom. The second-order valence-corrected chi connectivity index (χ2v) is 9.55. The molecule has 3 rings (SSSR count).